The number of benzene rings is 1. The van der Waals surface area contributed by atoms with E-state index in [9.17, 15) is 5.11 Å². The molecule has 0 aromatic heterocycles. The lowest BCUT2D eigenvalue weighted by molar-refractivity contribution is 0.170. The third-order valence-corrected chi connectivity index (χ3v) is 3.61. The van der Waals surface area contributed by atoms with Gasteiger partial charge < -0.3 is 5.11 Å². The summed E-state index contributed by atoms with van der Waals surface area (Å²) in [6.45, 7) is 2.14. The molecule has 1 atom stereocenters. The molecule has 2 heteroatoms. The molecule has 1 heterocycles. The zero-order valence-electron chi connectivity index (χ0n) is 7.79. The lowest BCUT2D eigenvalue weighted by atomic mass is 10.0. The predicted molar refractivity (Wildman–Crippen MR) is 56.1 cm³/mol. The first-order valence-electron chi connectivity index (χ1n) is 4.75. The van der Waals surface area contributed by atoms with Gasteiger partial charge >= 0.3 is 0 Å². The van der Waals surface area contributed by atoms with E-state index in [1.54, 1.807) is 0 Å². The van der Waals surface area contributed by atoms with E-state index in [1.165, 1.54) is 10.5 Å². The van der Waals surface area contributed by atoms with Gasteiger partial charge in [-0.1, -0.05) is 19.1 Å². The molecule has 2 rings (SSSR count). The van der Waals surface area contributed by atoms with Crippen LogP contribution >= 0.6 is 11.8 Å². The van der Waals surface area contributed by atoms with Crippen molar-refractivity contribution in [3.63, 3.8) is 0 Å². The summed E-state index contributed by atoms with van der Waals surface area (Å²) in [6, 6.07) is 6.44. The second kappa shape index (κ2) is 3.72. The van der Waals surface area contributed by atoms with Crippen molar-refractivity contribution in [2.45, 2.75) is 30.8 Å². The first kappa shape index (κ1) is 9.10. The van der Waals surface area contributed by atoms with Gasteiger partial charge in [0.05, 0.1) is 6.10 Å². The first-order valence-corrected chi connectivity index (χ1v) is 5.73. The van der Waals surface area contributed by atoms with Gasteiger partial charge in [-0.25, -0.2) is 0 Å². The van der Waals surface area contributed by atoms with Crippen LogP contribution in [0.25, 0.3) is 0 Å². The molecule has 0 spiro atoms. The van der Waals surface area contributed by atoms with Crippen LogP contribution in [-0.4, -0.2) is 10.9 Å². The Morgan fingerprint density at radius 3 is 3.15 bits per heavy atom. The highest BCUT2D eigenvalue weighted by Gasteiger charge is 2.17. The molecule has 1 aromatic rings. The number of aryl methyl sites for hydroxylation is 1. The molecule has 0 aliphatic carbocycles. The summed E-state index contributed by atoms with van der Waals surface area (Å²) in [5.74, 6) is 1.04. The van der Waals surface area contributed by atoms with Crippen molar-refractivity contribution in [3.05, 3.63) is 29.3 Å². The maximum Gasteiger partial charge on any atom is 0.0808 e. The Labute approximate surface area is 83.2 Å². The van der Waals surface area contributed by atoms with Crippen molar-refractivity contribution < 1.29 is 5.11 Å². The molecule has 0 saturated heterocycles. The molecule has 0 radical (unpaired) electrons. The van der Waals surface area contributed by atoms with Gasteiger partial charge in [0.25, 0.3) is 0 Å². The number of fused-ring (bicyclic) bond motifs is 1. The molecule has 70 valence electrons. The molecular formula is C11H14OS. The maximum absolute atomic E-state index is 9.77. The minimum atomic E-state index is -0.234. The summed E-state index contributed by atoms with van der Waals surface area (Å²) < 4.78 is 0. The molecule has 1 nitrogen and oxygen atoms in total. The van der Waals surface area contributed by atoms with Crippen LogP contribution in [0.15, 0.2) is 23.1 Å². The van der Waals surface area contributed by atoms with Crippen LogP contribution in [-0.2, 0) is 6.42 Å². The van der Waals surface area contributed by atoms with Crippen LogP contribution in [0.1, 0.15) is 30.6 Å². The van der Waals surface area contributed by atoms with E-state index in [2.05, 4.69) is 25.1 Å². The summed E-state index contributed by atoms with van der Waals surface area (Å²) >= 11 is 1.85. The Kier molecular flexibility index (Phi) is 2.61. The molecule has 1 aliphatic heterocycles. The Balaban J connectivity index is 2.41. The van der Waals surface area contributed by atoms with Crippen molar-refractivity contribution >= 4 is 11.8 Å². The summed E-state index contributed by atoms with van der Waals surface area (Å²) in [7, 11) is 0. The fourth-order valence-corrected chi connectivity index (χ4v) is 2.73. The Hall–Kier alpha value is -0.470. The van der Waals surface area contributed by atoms with Crippen LogP contribution in [0.5, 0.6) is 0 Å². The van der Waals surface area contributed by atoms with Crippen molar-refractivity contribution in [2.24, 2.45) is 0 Å². The van der Waals surface area contributed by atoms with Gasteiger partial charge in [0, 0.05) is 10.6 Å². The summed E-state index contributed by atoms with van der Waals surface area (Å²) in [4.78, 5) is 1.26. The van der Waals surface area contributed by atoms with Gasteiger partial charge in [0.1, 0.15) is 0 Å². The van der Waals surface area contributed by atoms with Crippen molar-refractivity contribution in [3.8, 4) is 0 Å². The van der Waals surface area contributed by atoms with Gasteiger partial charge in [-0.3, -0.25) is 0 Å². The van der Waals surface area contributed by atoms with Crippen LogP contribution in [0.4, 0.5) is 0 Å². The highest BCUT2D eigenvalue weighted by Crippen LogP contribution is 2.36. The number of rotatable bonds is 1. The van der Waals surface area contributed by atoms with Crippen molar-refractivity contribution in [2.75, 3.05) is 5.75 Å². The molecule has 1 unspecified atom stereocenters. The number of aliphatic hydroxyl groups excluding tert-OH is 1. The highest BCUT2D eigenvalue weighted by molar-refractivity contribution is 7.99. The van der Waals surface area contributed by atoms with Crippen molar-refractivity contribution in [1.29, 1.82) is 0 Å². The highest BCUT2D eigenvalue weighted by atomic mass is 32.2. The summed E-state index contributed by atoms with van der Waals surface area (Å²) in [6.07, 6.45) is 1.71. The van der Waals surface area contributed by atoms with Crippen LogP contribution < -0.4 is 0 Å². The molecule has 1 aromatic carbocycles. The Morgan fingerprint density at radius 2 is 2.38 bits per heavy atom. The average Bonchev–Trinajstić information content (AvgIpc) is 2.18. The van der Waals surface area contributed by atoms with E-state index in [0.29, 0.717) is 0 Å². The monoisotopic (exact) mass is 194 g/mol. The quantitative estimate of drug-likeness (QED) is 0.742. The average molecular weight is 194 g/mol. The molecule has 0 fully saturated rings. The zero-order chi connectivity index (χ0) is 9.26. The predicted octanol–water partition coefficient (Wildman–Crippen LogP) is 2.78. The van der Waals surface area contributed by atoms with Crippen molar-refractivity contribution in [1.82, 2.24) is 0 Å². The fourth-order valence-electron chi connectivity index (χ4n) is 1.65. The van der Waals surface area contributed by atoms with Gasteiger partial charge in [-0.2, -0.15) is 0 Å². The second-order valence-electron chi connectivity index (χ2n) is 3.38. The molecule has 0 saturated carbocycles. The smallest absolute Gasteiger partial charge is 0.0808 e. The molecule has 1 aliphatic rings. The lowest BCUT2D eigenvalue weighted by Crippen LogP contribution is -2.06. The SMILES string of the molecule is CCc1ccc2c(c1)C(O)CCS2. The number of hydrogen-bond donors (Lipinski definition) is 1. The lowest BCUT2D eigenvalue weighted by Gasteiger charge is -2.21. The normalized spacial score (nSPS) is 21.2. The van der Waals surface area contributed by atoms with Gasteiger partial charge in [-0.05, 0) is 30.0 Å². The van der Waals surface area contributed by atoms with E-state index in [1.807, 2.05) is 11.8 Å². The molecule has 0 amide bonds. The second-order valence-corrected chi connectivity index (χ2v) is 4.52. The molecule has 1 N–H and O–H groups in total. The number of thioether (sulfide) groups is 1. The van der Waals surface area contributed by atoms with Gasteiger partial charge in [-0.15, -0.1) is 11.8 Å². The van der Waals surface area contributed by atoms with E-state index in [-0.39, 0.29) is 6.10 Å². The topological polar surface area (TPSA) is 20.2 Å². The zero-order valence-corrected chi connectivity index (χ0v) is 8.60. The minimum Gasteiger partial charge on any atom is -0.388 e. The van der Waals surface area contributed by atoms with Gasteiger partial charge in [0.2, 0.25) is 0 Å². The minimum absolute atomic E-state index is 0.234. The summed E-state index contributed by atoms with van der Waals surface area (Å²) in [5, 5.41) is 9.77. The number of hydrogen-bond acceptors (Lipinski definition) is 2. The van der Waals surface area contributed by atoms with E-state index in [0.717, 1.165) is 24.2 Å². The third-order valence-electron chi connectivity index (χ3n) is 2.49. The van der Waals surface area contributed by atoms with E-state index in [4.69, 9.17) is 0 Å². The fraction of sp³-hybridized carbons (Fsp3) is 0.455. The Morgan fingerprint density at radius 1 is 1.54 bits per heavy atom. The summed E-state index contributed by atoms with van der Waals surface area (Å²) in [5.41, 5.74) is 2.45. The van der Waals surface area contributed by atoms with Crippen LogP contribution in [0.3, 0.4) is 0 Å². The third kappa shape index (κ3) is 1.74. The Bertz CT molecular complexity index is 309. The molecule has 13 heavy (non-hydrogen) atoms. The largest absolute Gasteiger partial charge is 0.388 e. The standard InChI is InChI=1S/C11H14OS/c1-2-8-3-4-11-9(7-8)10(12)5-6-13-11/h3-4,7,10,12H,2,5-6H2,1H3. The molecular weight excluding hydrogens is 180 g/mol. The number of aliphatic hydroxyl groups is 1. The molecule has 0 bridgehead atoms. The maximum atomic E-state index is 9.77. The van der Waals surface area contributed by atoms with E-state index >= 15 is 0 Å². The first-order chi connectivity index (χ1) is 6.31. The van der Waals surface area contributed by atoms with E-state index < -0.39 is 0 Å². The van der Waals surface area contributed by atoms with Crippen LogP contribution in [0.2, 0.25) is 0 Å². The van der Waals surface area contributed by atoms with Crippen LogP contribution in [0, 0.1) is 0 Å². The van der Waals surface area contributed by atoms with Gasteiger partial charge in [0.15, 0.2) is 0 Å².